The lowest BCUT2D eigenvalue weighted by atomic mass is 10.1. The molecule has 0 atom stereocenters. The summed E-state index contributed by atoms with van der Waals surface area (Å²) in [5, 5.41) is 0. The molecule has 0 unspecified atom stereocenters. The number of rotatable bonds is 5. The van der Waals surface area contributed by atoms with Crippen molar-refractivity contribution in [1.29, 1.82) is 0 Å². The number of nitrogen functional groups attached to an aromatic ring is 1. The fourth-order valence-electron chi connectivity index (χ4n) is 3.16. The number of hydrogen-bond acceptors (Lipinski definition) is 4. The zero-order chi connectivity index (χ0) is 18.1. The highest BCUT2D eigenvalue weighted by Gasteiger charge is 2.19. The van der Waals surface area contributed by atoms with Gasteiger partial charge in [-0.1, -0.05) is 36.8 Å². The Kier molecular flexibility index (Phi) is 4.48. The average Bonchev–Trinajstić information content (AvgIpc) is 2.89. The third kappa shape index (κ3) is 2.86. The van der Waals surface area contributed by atoms with Crippen LogP contribution < -0.4 is 17.0 Å². The summed E-state index contributed by atoms with van der Waals surface area (Å²) in [4.78, 5) is 29.8. The van der Waals surface area contributed by atoms with E-state index >= 15 is 0 Å². The van der Waals surface area contributed by atoms with E-state index in [9.17, 15) is 9.59 Å². The zero-order valence-electron chi connectivity index (χ0n) is 14.8. The van der Waals surface area contributed by atoms with Crippen LogP contribution in [0.1, 0.15) is 31.4 Å². The molecule has 7 nitrogen and oxygen atoms in total. The molecule has 0 aliphatic heterocycles. The average molecular weight is 341 g/mol. The van der Waals surface area contributed by atoms with Gasteiger partial charge in [0.05, 0.1) is 6.54 Å². The zero-order valence-corrected chi connectivity index (χ0v) is 14.8. The number of nitrogens with two attached hydrogens (primary N) is 1. The van der Waals surface area contributed by atoms with Gasteiger partial charge >= 0.3 is 5.69 Å². The maximum atomic E-state index is 12.9. The molecule has 3 rings (SSSR count). The van der Waals surface area contributed by atoms with Gasteiger partial charge in [-0.2, -0.15) is 4.98 Å². The Balaban J connectivity index is 2.30. The van der Waals surface area contributed by atoms with Crippen LogP contribution in [0.3, 0.4) is 0 Å². The molecule has 2 N–H and O–H groups in total. The van der Waals surface area contributed by atoms with Gasteiger partial charge in [-0.25, -0.2) is 4.79 Å². The Bertz CT molecular complexity index is 1040. The predicted molar refractivity (Wildman–Crippen MR) is 98.9 cm³/mol. The second kappa shape index (κ2) is 6.58. The van der Waals surface area contributed by atoms with Crippen LogP contribution in [-0.2, 0) is 19.6 Å². The third-order valence-electron chi connectivity index (χ3n) is 4.33. The van der Waals surface area contributed by atoms with Crippen LogP contribution in [0.25, 0.3) is 11.2 Å². The Hall–Kier alpha value is -2.83. The number of aryl methyl sites for hydroxylation is 2. The van der Waals surface area contributed by atoms with Gasteiger partial charge in [0.1, 0.15) is 0 Å². The highest BCUT2D eigenvalue weighted by Crippen LogP contribution is 2.17. The smallest absolute Gasteiger partial charge is 0.332 e. The maximum Gasteiger partial charge on any atom is 0.332 e. The van der Waals surface area contributed by atoms with Crippen LogP contribution in [0.2, 0.25) is 0 Å². The molecule has 7 heteroatoms. The monoisotopic (exact) mass is 341 g/mol. The lowest BCUT2D eigenvalue weighted by molar-refractivity contribution is 0.578. The molecule has 0 saturated heterocycles. The topological polar surface area (TPSA) is 87.8 Å². The third-order valence-corrected chi connectivity index (χ3v) is 4.33. The van der Waals surface area contributed by atoms with Crippen molar-refractivity contribution < 1.29 is 0 Å². The summed E-state index contributed by atoms with van der Waals surface area (Å²) >= 11 is 0. The number of aromatic nitrogens is 4. The molecular weight excluding hydrogens is 318 g/mol. The van der Waals surface area contributed by atoms with Gasteiger partial charge in [-0.15, -0.1) is 0 Å². The standard InChI is InChI=1S/C18H23N5O2/c1-4-9-22-15-14(16(24)21(5-2)18(22)25)23(17(19)20-15)11-13-8-6-7-12(3)10-13/h6-8,10H,4-5,9,11H2,1-3H3,(H2,19,20). The highest BCUT2D eigenvalue weighted by atomic mass is 16.2. The highest BCUT2D eigenvalue weighted by molar-refractivity contribution is 5.74. The molecule has 1 aromatic carbocycles. The van der Waals surface area contributed by atoms with E-state index in [0.717, 1.165) is 17.5 Å². The molecule has 2 aromatic heterocycles. The van der Waals surface area contributed by atoms with E-state index in [1.54, 1.807) is 16.1 Å². The molecule has 25 heavy (non-hydrogen) atoms. The number of anilines is 1. The van der Waals surface area contributed by atoms with Gasteiger partial charge in [0, 0.05) is 13.1 Å². The summed E-state index contributed by atoms with van der Waals surface area (Å²) in [5.41, 5.74) is 8.34. The van der Waals surface area contributed by atoms with E-state index in [1.165, 1.54) is 4.57 Å². The summed E-state index contributed by atoms with van der Waals surface area (Å²) in [6.45, 7) is 7.03. The second-order valence-electron chi connectivity index (χ2n) is 6.20. The fraction of sp³-hybridized carbons (Fsp3) is 0.389. The van der Waals surface area contributed by atoms with Crippen molar-refractivity contribution in [1.82, 2.24) is 18.7 Å². The first-order valence-electron chi connectivity index (χ1n) is 8.52. The second-order valence-corrected chi connectivity index (χ2v) is 6.20. The quantitative estimate of drug-likeness (QED) is 0.765. The first-order valence-corrected chi connectivity index (χ1v) is 8.52. The van der Waals surface area contributed by atoms with Crippen LogP contribution in [0.15, 0.2) is 33.9 Å². The fourth-order valence-corrected chi connectivity index (χ4v) is 3.16. The largest absolute Gasteiger partial charge is 0.369 e. The summed E-state index contributed by atoms with van der Waals surface area (Å²) in [6, 6.07) is 8.02. The van der Waals surface area contributed by atoms with Crippen molar-refractivity contribution in [3.05, 3.63) is 56.2 Å². The summed E-state index contributed by atoms with van der Waals surface area (Å²) in [6.07, 6.45) is 0.765. The molecule has 0 saturated carbocycles. The molecule has 132 valence electrons. The van der Waals surface area contributed by atoms with Crippen LogP contribution in [0, 0.1) is 6.92 Å². The number of benzene rings is 1. The number of fused-ring (bicyclic) bond motifs is 1. The Morgan fingerprint density at radius 2 is 1.88 bits per heavy atom. The molecule has 0 aliphatic rings. The van der Waals surface area contributed by atoms with Gasteiger partial charge < -0.3 is 10.3 Å². The summed E-state index contributed by atoms with van der Waals surface area (Å²) in [7, 11) is 0. The molecule has 0 aliphatic carbocycles. The van der Waals surface area contributed by atoms with Crippen molar-refractivity contribution in [2.45, 2.75) is 46.8 Å². The van der Waals surface area contributed by atoms with Crippen LogP contribution in [0.4, 0.5) is 5.95 Å². The summed E-state index contributed by atoms with van der Waals surface area (Å²) < 4.78 is 4.49. The number of nitrogens with zero attached hydrogens (tertiary/aromatic N) is 4. The van der Waals surface area contributed by atoms with Gasteiger partial charge in [-0.3, -0.25) is 13.9 Å². The van der Waals surface area contributed by atoms with Crippen molar-refractivity contribution in [2.24, 2.45) is 0 Å². The van der Waals surface area contributed by atoms with Crippen LogP contribution >= 0.6 is 0 Å². The van der Waals surface area contributed by atoms with Gasteiger partial charge in [0.25, 0.3) is 5.56 Å². The van der Waals surface area contributed by atoms with Gasteiger partial charge in [0.2, 0.25) is 5.95 Å². The molecule has 0 amide bonds. The lowest BCUT2D eigenvalue weighted by Crippen LogP contribution is -2.40. The predicted octanol–water partition coefficient (Wildman–Crippen LogP) is 1.73. The maximum absolute atomic E-state index is 12.9. The van der Waals surface area contributed by atoms with E-state index in [1.807, 2.05) is 38.1 Å². The van der Waals surface area contributed by atoms with E-state index < -0.39 is 0 Å². The van der Waals surface area contributed by atoms with E-state index in [4.69, 9.17) is 5.73 Å². The Labute approximate surface area is 145 Å². The lowest BCUT2D eigenvalue weighted by Gasteiger charge is -2.11. The van der Waals surface area contributed by atoms with Crippen LogP contribution in [-0.4, -0.2) is 18.7 Å². The van der Waals surface area contributed by atoms with Crippen molar-refractivity contribution >= 4 is 17.1 Å². The molecule has 0 radical (unpaired) electrons. The minimum absolute atomic E-state index is 0.242. The van der Waals surface area contributed by atoms with Gasteiger partial charge in [-0.05, 0) is 25.8 Å². The van der Waals surface area contributed by atoms with Crippen molar-refractivity contribution in [3.63, 3.8) is 0 Å². The minimum Gasteiger partial charge on any atom is -0.369 e. The van der Waals surface area contributed by atoms with Gasteiger partial charge in [0.15, 0.2) is 11.2 Å². The van der Waals surface area contributed by atoms with Crippen molar-refractivity contribution in [2.75, 3.05) is 5.73 Å². The Morgan fingerprint density at radius 3 is 2.52 bits per heavy atom. The van der Waals surface area contributed by atoms with E-state index in [0.29, 0.717) is 30.8 Å². The number of hydrogen-bond donors (Lipinski definition) is 1. The molecule has 0 fully saturated rings. The minimum atomic E-state index is -0.341. The van der Waals surface area contributed by atoms with E-state index in [2.05, 4.69) is 4.98 Å². The summed E-state index contributed by atoms with van der Waals surface area (Å²) in [5.74, 6) is 0.242. The molecular formula is C18H23N5O2. The SMILES string of the molecule is CCCn1c(=O)n(CC)c(=O)c2c1nc(N)n2Cc1cccc(C)c1. The van der Waals surface area contributed by atoms with Crippen LogP contribution in [0.5, 0.6) is 0 Å². The Morgan fingerprint density at radius 1 is 1.12 bits per heavy atom. The molecule has 0 spiro atoms. The van der Waals surface area contributed by atoms with E-state index in [-0.39, 0.29) is 17.2 Å². The molecule has 0 bridgehead atoms. The molecule has 2 heterocycles. The normalized spacial score (nSPS) is 11.3. The number of imidazole rings is 1. The van der Waals surface area contributed by atoms with Crippen molar-refractivity contribution in [3.8, 4) is 0 Å². The first-order chi connectivity index (χ1) is 12.0. The molecule has 3 aromatic rings. The first kappa shape index (κ1) is 17.0.